The largest absolute Gasteiger partial charge is 0.391 e. The van der Waals surface area contributed by atoms with E-state index in [9.17, 15) is 9.90 Å². The molecule has 1 aliphatic heterocycles. The first-order chi connectivity index (χ1) is 14.6. The van der Waals surface area contributed by atoms with Gasteiger partial charge in [0.15, 0.2) is 0 Å². The standard InChI is InChI=1S/C23H22N4O2S/c1-13-14(2)19(5-4-18(13)15-7-17(10-28)30-11-15)22-9-24-23(29)27(22)16-3-6-20-21(8-16)26-12-25-20/h3-8,11-12,22,28H,9-10H2,1-2H3,(H,24,29)(H,25,26). The number of amides is 2. The number of anilines is 1. The number of carbonyl (C=O) groups is 1. The number of urea groups is 1. The second-order valence-electron chi connectivity index (χ2n) is 7.59. The average Bonchev–Trinajstić information content (AvgIpc) is 3.48. The molecule has 1 unspecified atom stereocenters. The van der Waals surface area contributed by atoms with Crippen LogP contribution in [0.25, 0.3) is 22.2 Å². The van der Waals surface area contributed by atoms with E-state index in [1.165, 1.54) is 11.1 Å². The van der Waals surface area contributed by atoms with E-state index in [0.717, 1.165) is 38.3 Å². The fourth-order valence-electron chi connectivity index (χ4n) is 4.24. The van der Waals surface area contributed by atoms with E-state index in [4.69, 9.17) is 0 Å². The Morgan fingerprint density at radius 3 is 2.87 bits per heavy atom. The normalized spacial score (nSPS) is 16.4. The third-order valence-corrected chi connectivity index (χ3v) is 6.89. The highest BCUT2D eigenvalue weighted by atomic mass is 32.1. The molecule has 30 heavy (non-hydrogen) atoms. The van der Waals surface area contributed by atoms with Crippen molar-refractivity contribution < 1.29 is 9.90 Å². The van der Waals surface area contributed by atoms with Gasteiger partial charge in [-0.2, -0.15) is 0 Å². The monoisotopic (exact) mass is 418 g/mol. The van der Waals surface area contributed by atoms with Crippen LogP contribution in [0.4, 0.5) is 10.5 Å². The molecule has 1 fully saturated rings. The smallest absolute Gasteiger partial charge is 0.322 e. The Kier molecular flexibility index (Phi) is 4.56. The summed E-state index contributed by atoms with van der Waals surface area (Å²) in [7, 11) is 0. The third-order valence-electron chi connectivity index (χ3n) is 5.97. The van der Waals surface area contributed by atoms with Crippen LogP contribution in [0.3, 0.4) is 0 Å². The Morgan fingerprint density at radius 2 is 2.07 bits per heavy atom. The minimum Gasteiger partial charge on any atom is -0.391 e. The van der Waals surface area contributed by atoms with Crippen LogP contribution >= 0.6 is 11.3 Å². The van der Waals surface area contributed by atoms with Gasteiger partial charge in [0, 0.05) is 17.1 Å². The van der Waals surface area contributed by atoms with Gasteiger partial charge in [-0.15, -0.1) is 11.3 Å². The van der Waals surface area contributed by atoms with Gasteiger partial charge in [-0.1, -0.05) is 12.1 Å². The molecule has 1 atom stereocenters. The number of hydrogen-bond donors (Lipinski definition) is 3. The molecule has 5 rings (SSSR count). The van der Waals surface area contributed by atoms with E-state index in [1.807, 2.05) is 29.2 Å². The molecule has 0 saturated carbocycles. The van der Waals surface area contributed by atoms with Crippen LogP contribution in [0.15, 0.2) is 48.1 Å². The molecule has 0 radical (unpaired) electrons. The fraction of sp³-hybridized carbons (Fsp3) is 0.217. The molecule has 3 N–H and O–H groups in total. The summed E-state index contributed by atoms with van der Waals surface area (Å²) in [5.74, 6) is 0. The number of aliphatic hydroxyl groups is 1. The molecule has 6 nitrogen and oxygen atoms in total. The van der Waals surface area contributed by atoms with Crippen LogP contribution in [0.1, 0.15) is 27.6 Å². The first-order valence-corrected chi connectivity index (χ1v) is 10.7. The van der Waals surface area contributed by atoms with Crippen LogP contribution in [0.2, 0.25) is 0 Å². The Balaban J connectivity index is 1.55. The quantitative estimate of drug-likeness (QED) is 0.450. The highest BCUT2D eigenvalue weighted by molar-refractivity contribution is 7.10. The van der Waals surface area contributed by atoms with Crippen molar-refractivity contribution in [2.24, 2.45) is 0 Å². The first kappa shape index (κ1) is 18.8. The maximum Gasteiger partial charge on any atom is 0.322 e. The highest BCUT2D eigenvalue weighted by Gasteiger charge is 2.34. The molecule has 0 bridgehead atoms. The molecule has 2 aromatic carbocycles. The fourth-order valence-corrected chi connectivity index (χ4v) is 4.98. The topological polar surface area (TPSA) is 81.2 Å². The zero-order valence-electron chi connectivity index (χ0n) is 16.8. The number of benzene rings is 2. The summed E-state index contributed by atoms with van der Waals surface area (Å²) in [6.07, 6.45) is 1.66. The Hall–Kier alpha value is -3.16. The van der Waals surface area contributed by atoms with E-state index in [2.05, 4.69) is 46.6 Å². The van der Waals surface area contributed by atoms with Crippen molar-refractivity contribution in [3.05, 3.63) is 69.7 Å². The van der Waals surface area contributed by atoms with Gasteiger partial charge in [0.2, 0.25) is 0 Å². The number of aliphatic hydroxyl groups excluding tert-OH is 1. The molecule has 1 saturated heterocycles. The lowest BCUT2D eigenvalue weighted by atomic mass is 9.91. The minimum absolute atomic E-state index is 0.0618. The van der Waals surface area contributed by atoms with E-state index >= 15 is 0 Å². The van der Waals surface area contributed by atoms with Crippen molar-refractivity contribution in [3.8, 4) is 11.1 Å². The molecule has 3 heterocycles. The van der Waals surface area contributed by atoms with E-state index in [-0.39, 0.29) is 18.7 Å². The lowest BCUT2D eigenvalue weighted by Crippen LogP contribution is -2.30. The van der Waals surface area contributed by atoms with Crippen LogP contribution in [-0.2, 0) is 6.61 Å². The molecule has 2 aromatic heterocycles. The number of nitrogens with zero attached hydrogens (tertiary/aromatic N) is 2. The molecular weight excluding hydrogens is 396 g/mol. The number of nitrogens with one attached hydrogen (secondary N) is 2. The summed E-state index contributed by atoms with van der Waals surface area (Å²) in [6, 6.07) is 12.0. The Labute approximate surface area is 178 Å². The summed E-state index contributed by atoms with van der Waals surface area (Å²) in [6.45, 7) is 4.86. The molecule has 0 aliphatic carbocycles. The van der Waals surface area contributed by atoms with Gasteiger partial charge >= 0.3 is 6.03 Å². The van der Waals surface area contributed by atoms with Gasteiger partial charge < -0.3 is 15.4 Å². The summed E-state index contributed by atoms with van der Waals surface area (Å²) < 4.78 is 0. The Bertz CT molecular complexity index is 1260. The van der Waals surface area contributed by atoms with Gasteiger partial charge in [-0.25, -0.2) is 9.78 Å². The van der Waals surface area contributed by atoms with Crippen molar-refractivity contribution in [2.75, 3.05) is 11.4 Å². The molecule has 2 amide bonds. The summed E-state index contributed by atoms with van der Waals surface area (Å²) in [5, 5.41) is 14.5. The van der Waals surface area contributed by atoms with Gasteiger partial charge in [0.05, 0.1) is 30.0 Å². The molecule has 4 aromatic rings. The first-order valence-electron chi connectivity index (χ1n) is 9.85. The van der Waals surface area contributed by atoms with Crippen LogP contribution in [0.5, 0.6) is 0 Å². The van der Waals surface area contributed by atoms with E-state index < -0.39 is 0 Å². The minimum atomic E-state index is -0.0922. The lowest BCUT2D eigenvalue weighted by molar-refractivity contribution is 0.251. The summed E-state index contributed by atoms with van der Waals surface area (Å²) >= 11 is 1.57. The second kappa shape index (κ2) is 7.27. The zero-order chi connectivity index (χ0) is 20.8. The number of hydrogen-bond acceptors (Lipinski definition) is 4. The molecule has 1 aliphatic rings. The van der Waals surface area contributed by atoms with Crippen molar-refractivity contribution in [2.45, 2.75) is 26.5 Å². The predicted molar refractivity (Wildman–Crippen MR) is 120 cm³/mol. The number of fused-ring (bicyclic) bond motifs is 1. The summed E-state index contributed by atoms with van der Waals surface area (Å²) in [5.41, 5.74) is 8.43. The number of imidazole rings is 1. The van der Waals surface area contributed by atoms with Crippen LogP contribution in [0, 0.1) is 13.8 Å². The predicted octanol–water partition coefficient (Wildman–Crippen LogP) is 4.67. The number of thiophene rings is 1. The van der Waals surface area contributed by atoms with Crippen molar-refractivity contribution in [3.63, 3.8) is 0 Å². The van der Waals surface area contributed by atoms with Crippen molar-refractivity contribution >= 4 is 34.1 Å². The maximum absolute atomic E-state index is 12.7. The highest BCUT2D eigenvalue weighted by Crippen LogP contribution is 2.37. The lowest BCUT2D eigenvalue weighted by Gasteiger charge is -2.26. The number of aromatic amines is 1. The van der Waals surface area contributed by atoms with Crippen LogP contribution in [-0.4, -0.2) is 27.7 Å². The SMILES string of the molecule is Cc1c(-c2csc(CO)c2)ccc(C2CNC(=O)N2c2ccc3nc[nH]c3c2)c1C. The van der Waals surface area contributed by atoms with Gasteiger partial charge in [-0.3, -0.25) is 4.90 Å². The number of aromatic nitrogens is 2. The Morgan fingerprint density at radius 1 is 1.20 bits per heavy atom. The molecule has 7 heteroatoms. The number of rotatable bonds is 4. The van der Waals surface area contributed by atoms with E-state index in [1.54, 1.807) is 17.7 Å². The molecule has 152 valence electrons. The second-order valence-corrected chi connectivity index (χ2v) is 8.58. The number of carbonyl (C=O) groups excluding carboxylic acids is 1. The van der Waals surface area contributed by atoms with Crippen molar-refractivity contribution in [1.82, 2.24) is 15.3 Å². The molecular formula is C23H22N4O2S. The average molecular weight is 419 g/mol. The zero-order valence-corrected chi connectivity index (χ0v) is 17.6. The van der Waals surface area contributed by atoms with Crippen molar-refractivity contribution in [1.29, 1.82) is 0 Å². The van der Waals surface area contributed by atoms with Gasteiger partial charge in [0.1, 0.15) is 0 Å². The van der Waals surface area contributed by atoms with Gasteiger partial charge in [0.25, 0.3) is 0 Å². The maximum atomic E-state index is 12.7. The van der Waals surface area contributed by atoms with Gasteiger partial charge in [-0.05, 0) is 71.3 Å². The number of H-pyrrole nitrogens is 1. The van der Waals surface area contributed by atoms with Crippen LogP contribution < -0.4 is 10.2 Å². The third kappa shape index (κ3) is 2.98. The molecule has 0 spiro atoms. The van der Waals surface area contributed by atoms with E-state index in [0.29, 0.717) is 6.54 Å². The summed E-state index contributed by atoms with van der Waals surface area (Å²) in [4.78, 5) is 22.9.